The van der Waals surface area contributed by atoms with Gasteiger partial charge in [0.1, 0.15) is 12.3 Å². The highest BCUT2D eigenvalue weighted by molar-refractivity contribution is 6.00. The predicted octanol–water partition coefficient (Wildman–Crippen LogP) is 2.75. The second kappa shape index (κ2) is 9.38. The van der Waals surface area contributed by atoms with Gasteiger partial charge in [0, 0.05) is 30.4 Å². The fraction of sp³-hybridized carbons (Fsp3) is 0.250. The van der Waals surface area contributed by atoms with E-state index in [0.29, 0.717) is 29.2 Å². The van der Waals surface area contributed by atoms with E-state index in [0.717, 1.165) is 0 Å². The van der Waals surface area contributed by atoms with Gasteiger partial charge < -0.3 is 20.3 Å². The lowest BCUT2D eigenvalue weighted by Gasteiger charge is -2.21. The minimum Gasteiger partial charge on any atom is -0.497 e. The fourth-order valence-corrected chi connectivity index (χ4v) is 2.49. The molecule has 0 aromatic heterocycles. The van der Waals surface area contributed by atoms with Crippen LogP contribution in [0.25, 0.3) is 0 Å². The molecule has 0 spiro atoms. The number of nitrogens with zero attached hydrogens (tertiary/aromatic N) is 1. The molecule has 0 aliphatic heterocycles. The summed E-state index contributed by atoms with van der Waals surface area (Å²) in [5, 5.41) is 5.40. The molecule has 0 aliphatic carbocycles. The van der Waals surface area contributed by atoms with E-state index >= 15 is 0 Å². The second-order valence-electron chi connectivity index (χ2n) is 5.86. The Hall–Kier alpha value is -3.35. The molecule has 0 bridgehead atoms. The summed E-state index contributed by atoms with van der Waals surface area (Å²) in [6.07, 6.45) is 0. The van der Waals surface area contributed by atoms with Gasteiger partial charge in [0.15, 0.2) is 0 Å². The van der Waals surface area contributed by atoms with Gasteiger partial charge >= 0.3 is 0 Å². The molecular formula is C20H23N3O4. The van der Waals surface area contributed by atoms with Gasteiger partial charge in [0.05, 0.1) is 7.11 Å². The molecule has 2 aromatic carbocycles. The topological polar surface area (TPSA) is 87.7 Å². The summed E-state index contributed by atoms with van der Waals surface area (Å²) in [5.74, 6) is -0.105. The fourth-order valence-electron chi connectivity index (χ4n) is 2.49. The highest BCUT2D eigenvalue weighted by atomic mass is 16.5. The van der Waals surface area contributed by atoms with Crippen LogP contribution in [0.2, 0.25) is 0 Å². The third kappa shape index (κ3) is 5.85. The molecule has 0 atom stereocenters. The maximum absolute atomic E-state index is 12.7. The van der Waals surface area contributed by atoms with Crippen molar-refractivity contribution in [3.05, 3.63) is 54.1 Å². The first-order valence-corrected chi connectivity index (χ1v) is 8.53. The monoisotopic (exact) mass is 369 g/mol. The first-order valence-electron chi connectivity index (χ1n) is 8.53. The number of hydrogen-bond donors (Lipinski definition) is 2. The molecule has 27 heavy (non-hydrogen) atoms. The first kappa shape index (κ1) is 20.0. The van der Waals surface area contributed by atoms with E-state index < -0.39 is 0 Å². The van der Waals surface area contributed by atoms with Crippen LogP contribution in [0.5, 0.6) is 5.75 Å². The molecule has 2 N–H and O–H groups in total. The van der Waals surface area contributed by atoms with E-state index in [2.05, 4.69) is 10.6 Å². The Bertz CT molecular complexity index is 818. The molecule has 2 aromatic rings. The Morgan fingerprint density at radius 3 is 2.30 bits per heavy atom. The highest BCUT2D eigenvalue weighted by Crippen LogP contribution is 2.16. The van der Waals surface area contributed by atoms with Crippen molar-refractivity contribution in [2.45, 2.75) is 13.8 Å². The Kier molecular flexibility index (Phi) is 6.93. The maximum atomic E-state index is 12.7. The van der Waals surface area contributed by atoms with E-state index in [9.17, 15) is 14.4 Å². The van der Waals surface area contributed by atoms with Crippen LogP contribution in [0.3, 0.4) is 0 Å². The van der Waals surface area contributed by atoms with Crippen LogP contribution in [0.4, 0.5) is 11.4 Å². The zero-order valence-electron chi connectivity index (χ0n) is 15.6. The van der Waals surface area contributed by atoms with Gasteiger partial charge in [-0.1, -0.05) is 6.07 Å². The third-order valence-corrected chi connectivity index (χ3v) is 3.81. The number of ether oxygens (including phenoxy) is 1. The van der Waals surface area contributed by atoms with Gasteiger partial charge in [-0.2, -0.15) is 0 Å². The maximum Gasteiger partial charge on any atom is 0.254 e. The summed E-state index contributed by atoms with van der Waals surface area (Å²) < 4.78 is 5.08. The largest absolute Gasteiger partial charge is 0.497 e. The van der Waals surface area contributed by atoms with Crippen molar-refractivity contribution in [2.75, 3.05) is 30.8 Å². The molecule has 0 radical (unpaired) electrons. The van der Waals surface area contributed by atoms with E-state index in [1.807, 2.05) is 0 Å². The molecule has 0 fully saturated rings. The summed E-state index contributed by atoms with van der Waals surface area (Å²) in [4.78, 5) is 37.6. The molecular weight excluding hydrogens is 346 g/mol. The standard InChI is InChI=1S/C20H23N3O4/c1-4-23(13-19(25)22-16-8-10-18(27-3)11-9-16)20(26)15-6-5-7-17(12-15)21-14(2)24/h5-12H,4,13H2,1-3H3,(H,21,24)(H,22,25). The molecule has 0 aliphatic rings. The van der Waals surface area contributed by atoms with Crippen molar-refractivity contribution in [2.24, 2.45) is 0 Å². The smallest absolute Gasteiger partial charge is 0.254 e. The zero-order chi connectivity index (χ0) is 19.8. The lowest BCUT2D eigenvalue weighted by molar-refractivity contribution is -0.117. The minimum atomic E-state index is -0.298. The van der Waals surface area contributed by atoms with Crippen molar-refractivity contribution in [1.29, 1.82) is 0 Å². The average molecular weight is 369 g/mol. The number of amides is 3. The van der Waals surface area contributed by atoms with Crippen LogP contribution >= 0.6 is 0 Å². The molecule has 142 valence electrons. The highest BCUT2D eigenvalue weighted by Gasteiger charge is 2.18. The van der Waals surface area contributed by atoms with Gasteiger partial charge in [0.2, 0.25) is 11.8 Å². The second-order valence-corrected chi connectivity index (χ2v) is 5.86. The normalized spacial score (nSPS) is 10.0. The zero-order valence-corrected chi connectivity index (χ0v) is 15.6. The van der Waals surface area contributed by atoms with Gasteiger partial charge in [-0.15, -0.1) is 0 Å². The Labute approximate surface area is 158 Å². The number of likely N-dealkylation sites (N-methyl/N-ethyl adjacent to an activating group) is 1. The van der Waals surface area contributed by atoms with Gasteiger partial charge in [-0.3, -0.25) is 14.4 Å². The molecule has 2 rings (SSSR count). The number of methoxy groups -OCH3 is 1. The summed E-state index contributed by atoms with van der Waals surface area (Å²) in [7, 11) is 1.57. The van der Waals surface area contributed by atoms with Crippen LogP contribution in [-0.4, -0.2) is 42.8 Å². The van der Waals surface area contributed by atoms with Crippen LogP contribution in [-0.2, 0) is 9.59 Å². The Morgan fingerprint density at radius 1 is 1.00 bits per heavy atom. The van der Waals surface area contributed by atoms with E-state index in [1.165, 1.54) is 11.8 Å². The Morgan fingerprint density at radius 2 is 1.70 bits per heavy atom. The van der Waals surface area contributed by atoms with Gasteiger partial charge in [-0.05, 0) is 49.4 Å². The van der Waals surface area contributed by atoms with Crippen LogP contribution in [0.1, 0.15) is 24.2 Å². The summed E-state index contributed by atoms with van der Waals surface area (Å²) in [6, 6.07) is 13.6. The van der Waals surface area contributed by atoms with Crippen LogP contribution < -0.4 is 15.4 Å². The summed E-state index contributed by atoms with van der Waals surface area (Å²) >= 11 is 0. The van der Waals surface area contributed by atoms with Crippen LogP contribution in [0.15, 0.2) is 48.5 Å². The Balaban J connectivity index is 2.03. The van der Waals surface area contributed by atoms with Crippen molar-refractivity contribution in [3.8, 4) is 5.75 Å². The average Bonchev–Trinajstić information content (AvgIpc) is 2.66. The molecule has 7 heteroatoms. The SMILES string of the molecule is CCN(CC(=O)Nc1ccc(OC)cc1)C(=O)c1cccc(NC(C)=O)c1. The number of hydrogen-bond acceptors (Lipinski definition) is 4. The summed E-state index contributed by atoms with van der Waals surface area (Å²) in [5.41, 5.74) is 1.56. The number of benzene rings is 2. The van der Waals surface area contributed by atoms with E-state index in [4.69, 9.17) is 4.74 Å². The van der Waals surface area contributed by atoms with Gasteiger partial charge in [0.25, 0.3) is 5.91 Å². The van der Waals surface area contributed by atoms with E-state index in [-0.39, 0.29) is 24.3 Å². The van der Waals surface area contributed by atoms with Crippen molar-refractivity contribution in [1.82, 2.24) is 4.90 Å². The minimum absolute atomic E-state index is 0.0777. The number of carbonyl (C=O) groups is 3. The molecule has 7 nitrogen and oxygen atoms in total. The number of carbonyl (C=O) groups excluding carboxylic acids is 3. The quantitative estimate of drug-likeness (QED) is 0.786. The van der Waals surface area contributed by atoms with Crippen molar-refractivity contribution < 1.29 is 19.1 Å². The molecule has 0 saturated carbocycles. The van der Waals surface area contributed by atoms with Crippen molar-refractivity contribution in [3.63, 3.8) is 0 Å². The van der Waals surface area contributed by atoms with Crippen molar-refractivity contribution >= 4 is 29.1 Å². The molecule has 0 heterocycles. The predicted molar refractivity (Wildman–Crippen MR) is 104 cm³/mol. The van der Waals surface area contributed by atoms with Gasteiger partial charge in [-0.25, -0.2) is 0 Å². The first-order chi connectivity index (χ1) is 12.9. The van der Waals surface area contributed by atoms with E-state index in [1.54, 1.807) is 62.6 Å². The lowest BCUT2D eigenvalue weighted by atomic mass is 10.1. The van der Waals surface area contributed by atoms with Crippen LogP contribution in [0, 0.1) is 0 Å². The molecule has 0 unspecified atom stereocenters. The molecule has 3 amide bonds. The lowest BCUT2D eigenvalue weighted by Crippen LogP contribution is -2.37. The number of nitrogens with one attached hydrogen (secondary N) is 2. The number of anilines is 2. The third-order valence-electron chi connectivity index (χ3n) is 3.81. The number of rotatable bonds is 7. The summed E-state index contributed by atoms with van der Waals surface area (Å²) in [6.45, 7) is 3.50. The molecule has 0 saturated heterocycles.